The van der Waals surface area contributed by atoms with E-state index in [0.717, 1.165) is 34.2 Å². The fourth-order valence-corrected chi connectivity index (χ4v) is 2.63. The average Bonchev–Trinajstić information content (AvgIpc) is 3.06. The Kier molecular flexibility index (Phi) is 3.52. The number of nitrogens with one attached hydrogen (secondary N) is 2. The molecule has 0 saturated heterocycles. The van der Waals surface area contributed by atoms with Crippen LogP contribution in [0.15, 0.2) is 35.8 Å². The Morgan fingerprint density at radius 3 is 2.60 bits per heavy atom. The van der Waals surface area contributed by atoms with Crippen molar-refractivity contribution in [3.05, 3.63) is 52.1 Å². The molecule has 0 bridgehead atoms. The second-order valence-corrected chi connectivity index (χ2v) is 5.77. The highest BCUT2D eigenvalue weighted by atomic mass is 32.1. The van der Waals surface area contributed by atoms with Crippen molar-refractivity contribution in [2.75, 3.05) is 5.32 Å². The van der Waals surface area contributed by atoms with Gasteiger partial charge in [-0.2, -0.15) is 5.10 Å². The predicted octanol–water partition coefficient (Wildman–Crippen LogP) is 3.76. The van der Waals surface area contributed by atoms with E-state index < -0.39 is 0 Å². The van der Waals surface area contributed by atoms with Gasteiger partial charge in [-0.15, -0.1) is 11.3 Å². The molecule has 0 aliphatic heterocycles. The third-order valence-corrected chi connectivity index (χ3v) is 3.99. The lowest BCUT2D eigenvalue weighted by Crippen LogP contribution is -1.99. The van der Waals surface area contributed by atoms with Gasteiger partial charge in [0.05, 0.1) is 16.9 Å². The lowest BCUT2D eigenvalue weighted by molar-refractivity contribution is 1.04. The van der Waals surface area contributed by atoms with Gasteiger partial charge in [0, 0.05) is 34.4 Å². The third-order valence-electron chi connectivity index (χ3n) is 3.22. The van der Waals surface area contributed by atoms with Crippen LogP contribution in [0, 0.1) is 13.8 Å². The predicted molar refractivity (Wildman–Crippen MR) is 82.9 cm³/mol. The first-order chi connectivity index (χ1) is 9.72. The van der Waals surface area contributed by atoms with Gasteiger partial charge in [0.25, 0.3) is 0 Å². The summed E-state index contributed by atoms with van der Waals surface area (Å²) < 4.78 is 0. The van der Waals surface area contributed by atoms with Crippen molar-refractivity contribution in [1.29, 1.82) is 0 Å². The number of anilines is 1. The minimum absolute atomic E-state index is 0.775. The van der Waals surface area contributed by atoms with Gasteiger partial charge >= 0.3 is 0 Å². The quantitative estimate of drug-likeness (QED) is 0.767. The molecule has 102 valence electrons. The van der Waals surface area contributed by atoms with Gasteiger partial charge in [-0.25, -0.2) is 4.98 Å². The van der Waals surface area contributed by atoms with Crippen LogP contribution in [0.3, 0.4) is 0 Å². The van der Waals surface area contributed by atoms with E-state index in [4.69, 9.17) is 0 Å². The first kappa shape index (κ1) is 12.9. The zero-order valence-corrected chi connectivity index (χ0v) is 12.3. The summed E-state index contributed by atoms with van der Waals surface area (Å²) in [4.78, 5) is 4.49. The molecule has 5 heteroatoms. The molecule has 0 unspecified atom stereocenters. The van der Waals surface area contributed by atoms with Crippen LogP contribution in [0.25, 0.3) is 11.3 Å². The number of hydrogen-bond donors (Lipinski definition) is 2. The number of rotatable bonds is 4. The van der Waals surface area contributed by atoms with E-state index in [9.17, 15) is 0 Å². The van der Waals surface area contributed by atoms with Gasteiger partial charge in [0.2, 0.25) is 0 Å². The van der Waals surface area contributed by atoms with Crippen LogP contribution in [-0.2, 0) is 6.54 Å². The molecule has 3 rings (SSSR count). The number of thiazole rings is 1. The second kappa shape index (κ2) is 5.46. The minimum atomic E-state index is 0.775. The molecular weight excluding hydrogens is 268 g/mol. The van der Waals surface area contributed by atoms with Gasteiger partial charge in [-0.1, -0.05) is 12.1 Å². The molecule has 0 fully saturated rings. The summed E-state index contributed by atoms with van der Waals surface area (Å²) in [5.74, 6) is 0. The van der Waals surface area contributed by atoms with Crippen molar-refractivity contribution in [1.82, 2.24) is 15.2 Å². The van der Waals surface area contributed by atoms with Crippen LogP contribution >= 0.6 is 11.3 Å². The van der Waals surface area contributed by atoms with Gasteiger partial charge < -0.3 is 5.32 Å². The Bertz CT molecular complexity index is 697. The fraction of sp³-hybridized carbons (Fsp3) is 0.200. The monoisotopic (exact) mass is 284 g/mol. The van der Waals surface area contributed by atoms with Crippen molar-refractivity contribution < 1.29 is 0 Å². The van der Waals surface area contributed by atoms with Gasteiger partial charge in [-0.05, 0) is 26.0 Å². The number of aromatic amines is 1. The smallest absolute Gasteiger partial charge is 0.0901 e. The molecular formula is C15H16N4S. The summed E-state index contributed by atoms with van der Waals surface area (Å²) >= 11 is 1.68. The average molecular weight is 284 g/mol. The molecule has 0 saturated carbocycles. The molecule has 3 aromatic rings. The maximum Gasteiger partial charge on any atom is 0.0901 e. The molecule has 2 N–H and O–H groups in total. The van der Waals surface area contributed by atoms with Crippen LogP contribution in [0.4, 0.5) is 5.69 Å². The molecule has 0 aliphatic carbocycles. The fourth-order valence-electron chi connectivity index (χ4n) is 2.01. The number of aryl methyl sites for hydroxylation is 2. The van der Waals surface area contributed by atoms with Crippen LogP contribution in [0.5, 0.6) is 0 Å². The molecule has 0 spiro atoms. The Balaban J connectivity index is 1.69. The van der Waals surface area contributed by atoms with Crippen molar-refractivity contribution in [3.8, 4) is 11.3 Å². The number of benzene rings is 1. The van der Waals surface area contributed by atoms with Crippen molar-refractivity contribution >= 4 is 17.0 Å². The molecule has 20 heavy (non-hydrogen) atoms. The third kappa shape index (κ3) is 2.72. The standard InChI is InChI=1S/C15H16N4S/c1-10-13(8-17-19-10)7-16-14-5-3-12(4-6-14)15-9-20-11(2)18-15/h3-6,8-9,16H,7H2,1-2H3,(H,17,19). The topological polar surface area (TPSA) is 53.6 Å². The largest absolute Gasteiger partial charge is 0.381 e. The van der Waals surface area contributed by atoms with Crippen molar-refractivity contribution in [3.63, 3.8) is 0 Å². The zero-order valence-electron chi connectivity index (χ0n) is 11.5. The molecule has 2 aromatic heterocycles. The van der Waals surface area contributed by atoms with Gasteiger partial charge in [0.1, 0.15) is 0 Å². The van der Waals surface area contributed by atoms with E-state index in [1.807, 2.05) is 20.0 Å². The minimum Gasteiger partial charge on any atom is -0.381 e. The van der Waals surface area contributed by atoms with Gasteiger partial charge in [0.15, 0.2) is 0 Å². The van der Waals surface area contributed by atoms with E-state index in [1.54, 1.807) is 11.3 Å². The molecule has 1 aromatic carbocycles. The second-order valence-electron chi connectivity index (χ2n) is 4.70. The Labute approximate surface area is 121 Å². The maximum atomic E-state index is 4.49. The highest BCUT2D eigenvalue weighted by Crippen LogP contribution is 2.23. The summed E-state index contributed by atoms with van der Waals surface area (Å²) in [6.45, 7) is 4.83. The number of H-pyrrole nitrogens is 1. The summed E-state index contributed by atoms with van der Waals surface area (Å²) in [6.07, 6.45) is 1.86. The van der Waals surface area contributed by atoms with Crippen LogP contribution in [0.2, 0.25) is 0 Å². The number of hydrogen-bond acceptors (Lipinski definition) is 4. The van der Waals surface area contributed by atoms with Crippen molar-refractivity contribution in [2.45, 2.75) is 20.4 Å². The van der Waals surface area contributed by atoms with Crippen molar-refractivity contribution in [2.24, 2.45) is 0 Å². The highest BCUT2D eigenvalue weighted by molar-refractivity contribution is 7.09. The van der Waals surface area contributed by atoms with Crippen LogP contribution < -0.4 is 5.32 Å². The van der Waals surface area contributed by atoms with E-state index in [2.05, 4.69) is 50.1 Å². The summed E-state index contributed by atoms with van der Waals surface area (Å²) in [6, 6.07) is 8.36. The van der Waals surface area contributed by atoms with E-state index in [-0.39, 0.29) is 0 Å². The first-order valence-corrected chi connectivity index (χ1v) is 7.35. The maximum absolute atomic E-state index is 4.49. The molecule has 4 nitrogen and oxygen atoms in total. The number of nitrogens with zero attached hydrogens (tertiary/aromatic N) is 2. The molecule has 0 atom stereocenters. The lowest BCUT2D eigenvalue weighted by atomic mass is 10.1. The molecule has 0 amide bonds. The lowest BCUT2D eigenvalue weighted by Gasteiger charge is -2.06. The van der Waals surface area contributed by atoms with Gasteiger partial charge in [-0.3, -0.25) is 5.10 Å². The Hall–Kier alpha value is -2.14. The number of aromatic nitrogens is 3. The Morgan fingerprint density at radius 1 is 1.20 bits per heavy atom. The summed E-state index contributed by atoms with van der Waals surface area (Å²) in [5, 5.41) is 13.5. The first-order valence-electron chi connectivity index (χ1n) is 6.47. The van der Waals surface area contributed by atoms with Crippen LogP contribution in [0.1, 0.15) is 16.3 Å². The van der Waals surface area contributed by atoms with E-state index >= 15 is 0 Å². The molecule has 0 aliphatic rings. The normalized spacial score (nSPS) is 10.7. The van der Waals surface area contributed by atoms with E-state index in [1.165, 1.54) is 5.56 Å². The molecule has 2 heterocycles. The summed E-state index contributed by atoms with van der Waals surface area (Å²) in [5.41, 5.74) is 5.58. The highest BCUT2D eigenvalue weighted by Gasteiger charge is 2.03. The Morgan fingerprint density at radius 2 is 2.00 bits per heavy atom. The SMILES string of the molecule is Cc1nc(-c2ccc(NCc3cn[nH]c3C)cc2)cs1. The van der Waals surface area contributed by atoms with Crippen LogP contribution in [-0.4, -0.2) is 15.2 Å². The van der Waals surface area contributed by atoms with E-state index in [0.29, 0.717) is 0 Å². The molecule has 0 radical (unpaired) electrons. The zero-order chi connectivity index (χ0) is 13.9. The summed E-state index contributed by atoms with van der Waals surface area (Å²) in [7, 11) is 0.